The topological polar surface area (TPSA) is 374 Å². The monoisotopic (exact) mass is 822 g/mol. The fourth-order valence-corrected chi connectivity index (χ4v) is 6.89. The Bertz CT molecular complexity index is 1150. The SMILES string of the molecule is O=C(O)CCCCCCCCOC1OC(CO)[C@H](O)[C@H](O)C1O[C@@H]1OC(CO)[C@H](O)[C@H](O)C1O[C@@H]1OC(CO)[C@H](O)[C@H](O)C1O[C@@H]1OC(CO)[C@H](O)[C@H](O)C1O. The smallest absolute Gasteiger partial charge is 0.303 e. The summed E-state index contributed by atoms with van der Waals surface area (Å²) in [7, 11) is 0. The third-order valence-corrected chi connectivity index (χ3v) is 10.3. The number of aliphatic carboxylic acids is 1. The molecule has 0 radical (unpaired) electrons. The number of aliphatic hydroxyl groups is 13. The lowest BCUT2D eigenvalue weighted by molar-refractivity contribution is -0.406. The number of hydrogen-bond acceptors (Lipinski definition) is 22. The van der Waals surface area contributed by atoms with Gasteiger partial charge in [-0.3, -0.25) is 4.79 Å². The molecule has 4 aliphatic rings. The molecule has 23 heteroatoms. The van der Waals surface area contributed by atoms with Gasteiger partial charge < -0.3 is 109 Å². The van der Waals surface area contributed by atoms with Gasteiger partial charge in [-0.1, -0.05) is 25.7 Å². The van der Waals surface area contributed by atoms with E-state index in [1.807, 2.05) is 0 Å². The molecule has 14 N–H and O–H groups in total. The van der Waals surface area contributed by atoms with Gasteiger partial charge in [0.15, 0.2) is 25.2 Å². The maximum atomic E-state index is 11.3. The van der Waals surface area contributed by atoms with Crippen molar-refractivity contribution in [2.45, 2.75) is 168 Å². The van der Waals surface area contributed by atoms with Crippen LogP contribution < -0.4 is 0 Å². The normalized spacial score (nSPS) is 44.8. The van der Waals surface area contributed by atoms with Crippen LogP contribution in [0.3, 0.4) is 0 Å². The zero-order valence-electron chi connectivity index (χ0n) is 30.5. The highest BCUT2D eigenvalue weighted by Gasteiger charge is 2.56. The molecule has 0 spiro atoms. The van der Waals surface area contributed by atoms with Crippen LogP contribution in [0.5, 0.6) is 0 Å². The van der Waals surface area contributed by atoms with Crippen molar-refractivity contribution in [3.63, 3.8) is 0 Å². The van der Waals surface area contributed by atoms with E-state index >= 15 is 0 Å². The first-order chi connectivity index (χ1) is 26.7. The van der Waals surface area contributed by atoms with Crippen molar-refractivity contribution in [3.05, 3.63) is 0 Å². The molecule has 4 saturated heterocycles. The Morgan fingerprint density at radius 2 is 0.750 bits per heavy atom. The molecule has 0 amide bonds. The minimum Gasteiger partial charge on any atom is -0.481 e. The van der Waals surface area contributed by atoms with Crippen LogP contribution in [0.15, 0.2) is 0 Å². The van der Waals surface area contributed by atoms with Crippen molar-refractivity contribution in [2.24, 2.45) is 0 Å². The van der Waals surface area contributed by atoms with E-state index in [0.717, 1.165) is 19.3 Å². The fourth-order valence-electron chi connectivity index (χ4n) is 6.89. The van der Waals surface area contributed by atoms with Crippen molar-refractivity contribution in [1.29, 1.82) is 0 Å². The van der Waals surface area contributed by atoms with E-state index in [2.05, 4.69) is 0 Å². The molecule has 20 atom stereocenters. The highest BCUT2D eigenvalue weighted by molar-refractivity contribution is 5.66. The number of rotatable bonds is 20. The molecule has 0 aromatic heterocycles. The third kappa shape index (κ3) is 11.5. The highest BCUT2D eigenvalue weighted by Crippen LogP contribution is 2.35. The van der Waals surface area contributed by atoms with Crippen molar-refractivity contribution in [1.82, 2.24) is 0 Å². The van der Waals surface area contributed by atoms with Gasteiger partial charge in [-0.15, -0.1) is 0 Å². The Morgan fingerprint density at radius 1 is 0.411 bits per heavy atom. The molecule has 56 heavy (non-hydrogen) atoms. The minimum atomic E-state index is -2.02. The molecule has 0 aromatic rings. The molecule has 4 aliphatic heterocycles. The maximum absolute atomic E-state index is 11.3. The Kier molecular flexibility index (Phi) is 18.8. The number of aliphatic hydroxyl groups excluding tert-OH is 13. The van der Waals surface area contributed by atoms with Gasteiger partial charge in [0.1, 0.15) is 97.7 Å². The van der Waals surface area contributed by atoms with Crippen molar-refractivity contribution < 1.29 is 114 Å². The van der Waals surface area contributed by atoms with Gasteiger partial charge in [0.05, 0.1) is 26.4 Å². The fraction of sp³-hybridized carbons (Fsp3) is 0.970. The summed E-state index contributed by atoms with van der Waals surface area (Å²) in [6, 6.07) is 0. The first-order valence-corrected chi connectivity index (χ1v) is 18.7. The van der Waals surface area contributed by atoms with Gasteiger partial charge >= 0.3 is 5.97 Å². The van der Waals surface area contributed by atoms with E-state index in [9.17, 15) is 71.2 Å². The molecule has 4 heterocycles. The van der Waals surface area contributed by atoms with Gasteiger partial charge in [-0.05, 0) is 12.8 Å². The average molecular weight is 823 g/mol. The zero-order valence-corrected chi connectivity index (χ0v) is 30.5. The summed E-state index contributed by atoms with van der Waals surface area (Å²) in [5.74, 6) is -0.869. The van der Waals surface area contributed by atoms with E-state index in [1.54, 1.807) is 0 Å². The predicted molar refractivity (Wildman–Crippen MR) is 178 cm³/mol. The van der Waals surface area contributed by atoms with Gasteiger partial charge in [0, 0.05) is 13.0 Å². The van der Waals surface area contributed by atoms with E-state index in [1.165, 1.54) is 0 Å². The second-order valence-electron chi connectivity index (χ2n) is 14.3. The lowest BCUT2D eigenvalue weighted by Crippen LogP contribution is -2.68. The number of carbonyl (C=O) groups is 1. The van der Waals surface area contributed by atoms with Crippen LogP contribution in [-0.4, -0.2) is 233 Å². The molecule has 0 bridgehead atoms. The first-order valence-electron chi connectivity index (χ1n) is 18.7. The average Bonchev–Trinajstić information content (AvgIpc) is 3.18. The third-order valence-electron chi connectivity index (χ3n) is 10.3. The molecule has 0 aliphatic carbocycles. The molecule has 0 aromatic carbocycles. The van der Waals surface area contributed by atoms with Crippen molar-refractivity contribution >= 4 is 5.97 Å². The summed E-state index contributed by atoms with van der Waals surface area (Å²) < 4.78 is 45.8. The second kappa shape index (κ2) is 22.3. The van der Waals surface area contributed by atoms with Crippen LogP contribution in [0.25, 0.3) is 0 Å². The van der Waals surface area contributed by atoms with Gasteiger partial charge in [0.2, 0.25) is 0 Å². The van der Waals surface area contributed by atoms with E-state index in [-0.39, 0.29) is 13.0 Å². The van der Waals surface area contributed by atoms with Crippen LogP contribution in [0.4, 0.5) is 0 Å². The Hall–Kier alpha value is -1.37. The molecular weight excluding hydrogens is 764 g/mol. The quantitative estimate of drug-likeness (QED) is 0.0507. The lowest BCUT2D eigenvalue weighted by atomic mass is 9.96. The molecular formula is C33H58O23. The van der Waals surface area contributed by atoms with Crippen LogP contribution in [0.1, 0.15) is 44.9 Å². The van der Waals surface area contributed by atoms with Crippen molar-refractivity contribution in [3.8, 4) is 0 Å². The molecule has 328 valence electrons. The summed E-state index contributed by atoms with van der Waals surface area (Å²) >= 11 is 0. The highest BCUT2D eigenvalue weighted by atomic mass is 16.8. The number of carboxylic acid groups (broad SMARTS) is 1. The summed E-state index contributed by atoms with van der Waals surface area (Å²) in [4.78, 5) is 10.7. The number of hydrogen-bond donors (Lipinski definition) is 14. The zero-order chi connectivity index (χ0) is 41.3. The molecule has 9 unspecified atom stereocenters. The minimum absolute atomic E-state index is 0.0301. The van der Waals surface area contributed by atoms with Crippen LogP contribution in [0.2, 0.25) is 0 Å². The Labute approximate surface area is 321 Å². The summed E-state index contributed by atoms with van der Waals surface area (Å²) in [5.41, 5.74) is 0. The Balaban J connectivity index is 1.54. The summed E-state index contributed by atoms with van der Waals surface area (Å²) in [5, 5.41) is 145. The molecule has 4 rings (SSSR count). The Morgan fingerprint density at radius 3 is 1.18 bits per heavy atom. The lowest BCUT2D eigenvalue weighted by Gasteiger charge is -2.49. The van der Waals surface area contributed by atoms with E-state index in [0.29, 0.717) is 19.3 Å². The molecule has 23 nitrogen and oxygen atoms in total. The molecule has 4 fully saturated rings. The molecule has 0 saturated carbocycles. The van der Waals surface area contributed by atoms with E-state index in [4.69, 9.17) is 43.0 Å². The number of unbranched alkanes of at least 4 members (excludes halogenated alkanes) is 5. The standard InChI is InChI=1S/C33H58O23/c34-9-13-18(40)22(44)26(48)30(50-13)54-28-24(46)20(42)15(11-36)52-32(28)56-29-25(47)21(43)16(12-37)53-33(29)55-27-23(45)19(41)14(10-35)51-31(27)49-8-6-4-2-1-3-5-7-17(38)39/h13-16,18-37,40-48H,1-12H2,(H,38,39)/t13?,14?,15?,16?,18-,19-,20-,21-,22-,23-,24-,25-,26?,27?,28?,29?,30-,31?,32-,33-/m0/s1. The summed E-state index contributed by atoms with van der Waals surface area (Å²) in [6.45, 7) is -3.32. The van der Waals surface area contributed by atoms with Gasteiger partial charge in [-0.25, -0.2) is 0 Å². The number of carboxylic acids is 1. The van der Waals surface area contributed by atoms with Crippen LogP contribution in [0, 0.1) is 0 Å². The summed E-state index contributed by atoms with van der Waals surface area (Å²) in [6.07, 6.45) is -31.7. The van der Waals surface area contributed by atoms with E-state index < -0.39 is 155 Å². The second-order valence-corrected chi connectivity index (χ2v) is 14.3. The maximum Gasteiger partial charge on any atom is 0.303 e. The van der Waals surface area contributed by atoms with Gasteiger partial charge in [0.25, 0.3) is 0 Å². The predicted octanol–water partition coefficient (Wildman–Crippen LogP) is -6.91. The van der Waals surface area contributed by atoms with Crippen LogP contribution in [-0.2, 0) is 42.7 Å². The largest absolute Gasteiger partial charge is 0.481 e. The van der Waals surface area contributed by atoms with Gasteiger partial charge in [-0.2, -0.15) is 0 Å². The number of ether oxygens (including phenoxy) is 8. The van der Waals surface area contributed by atoms with Crippen LogP contribution >= 0.6 is 0 Å². The first kappa shape index (κ1) is 47.3. The van der Waals surface area contributed by atoms with Crippen molar-refractivity contribution in [2.75, 3.05) is 33.0 Å².